The molecule has 0 aliphatic carbocycles. The van der Waals surface area contributed by atoms with Crippen molar-refractivity contribution in [2.45, 2.75) is 60.3 Å². The second kappa shape index (κ2) is 8.20. The third-order valence-corrected chi connectivity index (χ3v) is 7.43. The molecule has 2 aromatic heterocycles. The topological polar surface area (TPSA) is 16.8 Å². The van der Waals surface area contributed by atoms with Crippen LogP contribution in [0.25, 0.3) is 32.0 Å². The fraction of sp³-hybridized carbons (Fsp3) is 0.357. The molecule has 0 atom stereocenters. The Balaban J connectivity index is 2.04. The molecular formula is C28H33N2S+. The number of thiazole rings is 1. The normalized spacial score (nSPS) is 11.8. The van der Waals surface area contributed by atoms with Gasteiger partial charge in [0.05, 0.1) is 11.1 Å². The van der Waals surface area contributed by atoms with Gasteiger partial charge in [0.2, 0.25) is 5.69 Å². The molecule has 2 nitrogen and oxygen atoms in total. The minimum absolute atomic E-state index is 0.456. The third kappa shape index (κ3) is 3.80. The van der Waals surface area contributed by atoms with Crippen molar-refractivity contribution in [3.63, 3.8) is 0 Å². The van der Waals surface area contributed by atoms with E-state index in [0.717, 1.165) is 10.5 Å². The number of rotatable bonds is 4. The molecule has 0 aliphatic heterocycles. The predicted molar refractivity (Wildman–Crippen MR) is 134 cm³/mol. The van der Waals surface area contributed by atoms with Crippen molar-refractivity contribution in [1.82, 2.24) is 4.98 Å². The van der Waals surface area contributed by atoms with Gasteiger partial charge in [0, 0.05) is 11.6 Å². The number of hydrogen-bond acceptors (Lipinski definition) is 2. The summed E-state index contributed by atoms with van der Waals surface area (Å²) < 4.78 is 3.52. The van der Waals surface area contributed by atoms with E-state index >= 15 is 0 Å². The van der Waals surface area contributed by atoms with Gasteiger partial charge in [0.25, 0.3) is 0 Å². The van der Waals surface area contributed by atoms with Gasteiger partial charge >= 0.3 is 0 Å². The van der Waals surface area contributed by atoms with E-state index in [1.54, 1.807) is 0 Å². The van der Waals surface area contributed by atoms with E-state index in [2.05, 4.69) is 103 Å². The number of hydrogen-bond donors (Lipinski definition) is 0. The molecule has 0 radical (unpaired) electrons. The molecule has 0 amide bonds. The molecule has 4 rings (SSSR count). The molecule has 3 heteroatoms. The minimum Gasteiger partial charge on any atom is -0.236 e. The summed E-state index contributed by atoms with van der Waals surface area (Å²) in [7, 11) is 2.15. The lowest BCUT2D eigenvalue weighted by Crippen LogP contribution is -2.30. The molecule has 0 saturated carbocycles. The maximum atomic E-state index is 5.18. The van der Waals surface area contributed by atoms with Crippen LogP contribution < -0.4 is 4.57 Å². The average molecular weight is 430 g/mol. The van der Waals surface area contributed by atoms with Crippen molar-refractivity contribution < 1.29 is 4.57 Å². The van der Waals surface area contributed by atoms with Gasteiger partial charge in [-0.3, -0.25) is 0 Å². The molecular weight excluding hydrogens is 396 g/mol. The highest BCUT2D eigenvalue weighted by Crippen LogP contribution is 2.42. The second-order valence-electron chi connectivity index (χ2n) is 9.38. The zero-order valence-corrected chi connectivity index (χ0v) is 20.8. The molecule has 4 aromatic rings. The van der Waals surface area contributed by atoms with Crippen LogP contribution in [0.1, 0.15) is 67.3 Å². The van der Waals surface area contributed by atoms with Gasteiger partial charge in [-0.05, 0) is 60.9 Å². The average Bonchev–Trinajstić information content (AvgIpc) is 3.14. The summed E-state index contributed by atoms with van der Waals surface area (Å²) >= 11 is 1.84. The van der Waals surface area contributed by atoms with Gasteiger partial charge in [-0.2, -0.15) is 4.57 Å². The smallest absolute Gasteiger partial charge is 0.232 e. The quantitative estimate of drug-likeness (QED) is 0.305. The number of fused-ring (bicyclic) bond motifs is 1. The Kier molecular flexibility index (Phi) is 5.74. The van der Waals surface area contributed by atoms with Crippen molar-refractivity contribution in [2.75, 3.05) is 0 Å². The maximum absolute atomic E-state index is 5.18. The van der Waals surface area contributed by atoms with Crippen LogP contribution in [0, 0.1) is 20.8 Å². The number of benzene rings is 2. The van der Waals surface area contributed by atoms with Crippen molar-refractivity contribution in [1.29, 1.82) is 0 Å². The summed E-state index contributed by atoms with van der Waals surface area (Å²) in [6.45, 7) is 15.7. The van der Waals surface area contributed by atoms with E-state index in [1.807, 2.05) is 11.3 Å². The molecule has 0 spiro atoms. The molecule has 2 heterocycles. The third-order valence-electron chi connectivity index (χ3n) is 6.33. The zero-order chi connectivity index (χ0) is 22.4. The van der Waals surface area contributed by atoms with Crippen molar-refractivity contribution in [3.8, 4) is 21.8 Å². The molecule has 0 aliphatic rings. The van der Waals surface area contributed by atoms with E-state index in [0.29, 0.717) is 11.8 Å². The Morgan fingerprint density at radius 1 is 0.903 bits per heavy atom. The lowest BCUT2D eigenvalue weighted by Gasteiger charge is -2.17. The molecule has 2 aromatic carbocycles. The lowest BCUT2D eigenvalue weighted by molar-refractivity contribution is -0.659. The van der Waals surface area contributed by atoms with Crippen LogP contribution in [0.4, 0.5) is 0 Å². The first-order valence-electron chi connectivity index (χ1n) is 11.2. The number of nitrogens with zero attached hydrogens (tertiary/aromatic N) is 2. The van der Waals surface area contributed by atoms with E-state index in [-0.39, 0.29) is 0 Å². The Morgan fingerprint density at radius 2 is 1.55 bits per heavy atom. The number of aromatic nitrogens is 2. The van der Waals surface area contributed by atoms with Crippen LogP contribution in [0.15, 0.2) is 42.6 Å². The number of aryl methyl sites for hydroxylation is 3. The highest BCUT2D eigenvalue weighted by Gasteiger charge is 2.24. The Morgan fingerprint density at radius 3 is 2.16 bits per heavy atom. The Hall–Kier alpha value is -2.52. The zero-order valence-electron chi connectivity index (χ0n) is 20.0. The fourth-order valence-electron chi connectivity index (χ4n) is 4.53. The fourth-order valence-corrected chi connectivity index (χ4v) is 5.78. The van der Waals surface area contributed by atoms with Crippen molar-refractivity contribution in [3.05, 3.63) is 70.4 Å². The maximum Gasteiger partial charge on any atom is 0.232 e. The largest absolute Gasteiger partial charge is 0.236 e. The van der Waals surface area contributed by atoms with Gasteiger partial charge in [-0.15, -0.1) is 11.3 Å². The molecule has 0 saturated heterocycles. The molecule has 0 fully saturated rings. The summed E-state index contributed by atoms with van der Waals surface area (Å²) in [5.74, 6) is 0.913. The summed E-state index contributed by atoms with van der Waals surface area (Å²) in [5.41, 5.74) is 11.7. The first kappa shape index (κ1) is 21.7. The van der Waals surface area contributed by atoms with Crippen LogP contribution in [0.2, 0.25) is 0 Å². The van der Waals surface area contributed by atoms with Crippen molar-refractivity contribution >= 4 is 21.6 Å². The van der Waals surface area contributed by atoms with E-state index in [9.17, 15) is 0 Å². The Bertz CT molecular complexity index is 1250. The Labute approximate surface area is 190 Å². The molecule has 0 unspecified atom stereocenters. The molecule has 0 N–H and O–H groups in total. The molecule has 31 heavy (non-hydrogen) atoms. The standard InChI is InChI=1S/C28H33N2S/c1-16(2)21-10-9-11-22(17(3)4)25(21)28-29-24-12-13-30(8)26(27(24)31-28)23-15-18(5)14-19(6)20(23)7/h9-17H,1-8H3/q+1. The van der Waals surface area contributed by atoms with Gasteiger partial charge in [0.1, 0.15) is 16.8 Å². The number of pyridine rings is 1. The second-order valence-corrected chi connectivity index (χ2v) is 10.4. The van der Waals surface area contributed by atoms with Gasteiger partial charge in [-0.1, -0.05) is 57.5 Å². The van der Waals surface area contributed by atoms with Crippen LogP contribution in [0.3, 0.4) is 0 Å². The van der Waals surface area contributed by atoms with E-state index in [1.165, 1.54) is 49.3 Å². The van der Waals surface area contributed by atoms with Crippen LogP contribution in [-0.4, -0.2) is 4.98 Å². The van der Waals surface area contributed by atoms with Gasteiger partial charge < -0.3 is 0 Å². The first-order chi connectivity index (χ1) is 14.7. The predicted octanol–water partition coefficient (Wildman–Crippen LogP) is 7.63. The highest BCUT2D eigenvalue weighted by atomic mass is 32.1. The monoisotopic (exact) mass is 429 g/mol. The summed E-state index contributed by atoms with van der Waals surface area (Å²) in [6, 6.07) is 13.5. The SMILES string of the molecule is Cc1cc(C)c(C)c(-c2c3sc(-c4c(C(C)C)cccc4C(C)C)nc3cc[n+]2C)c1. The minimum atomic E-state index is 0.456. The summed E-state index contributed by atoms with van der Waals surface area (Å²) in [5, 5.41) is 1.14. The van der Waals surface area contributed by atoms with E-state index < -0.39 is 0 Å². The highest BCUT2D eigenvalue weighted by molar-refractivity contribution is 7.22. The van der Waals surface area contributed by atoms with Crippen LogP contribution >= 0.6 is 11.3 Å². The first-order valence-corrected chi connectivity index (χ1v) is 12.0. The van der Waals surface area contributed by atoms with Crippen LogP contribution in [0.5, 0.6) is 0 Å². The molecule has 0 bridgehead atoms. The summed E-state index contributed by atoms with van der Waals surface area (Å²) in [4.78, 5) is 5.18. The summed E-state index contributed by atoms with van der Waals surface area (Å²) in [6.07, 6.45) is 2.15. The van der Waals surface area contributed by atoms with Crippen molar-refractivity contribution in [2.24, 2.45) is 7.05 Å². The van der Waals surface area contributed by atoms with E-state index in [4.69, 9.17) is 4.98 Å². The van der Waals surface area contributed by atoms with Gasteiger partial charge in [-0.25, -0.2) is 4.98 Å². The van der Waals surface area contributed by atoms with Gasteiger partial charge in [0.15, 0.2) is 6.20 Å². The molecule has 160 valence electrons. The van der Waals surface area contributed by atoms with Crippen LogP contribution in [-0.2, 0) is 7.05 Å². The lowest BCUT2D eigenvalue weighted by atomic mass is 9.89.